The van der Waals surface area contributed by atoms with Crippen molar-refractivity contribution in [1.29, 1.82) is 0 Å². The summed E-state index contributed by atoms with van der Waals surface area (Å²) >= 11 is 0. The van der Waals surface area contributed by atoms with Crippen LogP contribution in [0.4, 0.5) is 0 Å². The van der Waals surface area contributed by atoms with E-state index >= 15 is 0 Å². The molecular formula is C106H68O. The second kappa shape index (κ2) is 26.7. The highest BCUT2D eigenvalue weighted by molar-refractivity contribution is 6.26. The van der Waals surface area contributed by atoms with Crippen molar-refractivity contribution in [3.8, 4) is 77.9 Å². The summed E-state index contributed by atoms with van der Waals surface area (Å²) in [6.45, 7) is 0. The van der Waals surface area contributed by atoms with Gasteiger partial charge in [-0.1, -0.05) is 382 Å². The first-order valence-corrected chi connectivity index (χ1v) is 36.9. The summed E-state index contributed by atoms with van der Waals surface area (Å²) in [5.74, 6) is 0. The van der Waals surface area contributed by atoms with Gasteiger partial charge in [-0.15, -0.1) is 0 Å². The molecule has 1 nitrogen and oxygen atoms in total. The van der Waals surface area contributed by atoms with Crippen LogP contribution in [0.15, 0.2) is 417 Å². The molecule has 0 spiro atoms. The Morgan fingerprint density at radius 3 is 0.832 bits per heavy atom. The highest BCUT2D eigenvalue weighted by Gasteiger charge is 2.22. The van der Waals surface area contributed by atoms with Crippen molar-refractivity contribution in [2.45, 2.75) is 0 Å². The SMILES string of the molecule is c1ccc(-c2c3ccccc3c(-c3ccc4oc5ccccc5c4c3)c3ccccc23)cc1.c1ccc2cc(-c3c4ccccc4c(-c4cccc5ccccc45)c4ccccc34)ccc2c1.c1ccc2cc(-c3ccc(-c4c5ccccc5c(-c5cccc6ccccc56)c5ccccc45)cc3)ccc2c1. The highest BCUT2D eigenvalue weighted by Crippen LogP contribution is 2.50. The average Bonchev–Trinajstić information content (AvgIpc) is 0.893. The predicted molar refractivity (Wildman–Crippen MR) is 460 cm³/mol. The number of fused-ring (bicyclic) bond motifs is 13. The maximum Gasteiger partial charge on any atom is 0.135 e. The molecule has 0 N–H and O–H groups in total. The molecule has 0 aliphatic carbocycles. The lowest BCUT2D eigenvalue weighted by atomic mass is 9.84. The van der Waals surface area contributed by atoms with Gasteiger partial charge in [0.05, 0.1) is 0 Å². The lowest BCUT2D eigenvalue weighted by Gasteiger charge is -2.19. The summed E-state index contributed by atoms with van der Waals surface area (Å²) in [7, 11) is 0. The van der Waals surface area contributed by atoms with Crippen molar-refractivity contribution in [3.05, 3.63) is 413 Å². The van der Waals surface area contributed by atoms with E-state index in [9.17, 15) is 0 Å². The summed E-state index contributed by atoms with van der Waals surface area (Å²) < 4.78 is 6.10. The molecule has 0 unspecified atom stereocenters. The predicted octanol–water partition coefficient (Wildman–Crippen LogP) is 30.2. The van der Waals surface area contributed by atoms with E-state index in [-0.39, 0.29) is 0 Å². The van der Waals surface area contributed by atoms with Crippen LogP contribution in [0.5, 0.6) is 0 Å². The van der Waals surface area contributed by atoms with Gasteiger partial charge in [0.2, 0.25) is 0 Å². The number of benzene rings is 21. The molecule has 1 heteroatoms. The summed E-state index contributed by atoms with van der Waals surface area (Å²) in [5.41, 5.74) is 19.6. The van der Waals surface area contributed by atoms with Crippen molar-refractivity contribution in [2.24, 2.45) is 0 Å². The van der Waals surface area contributed by atoms with Gasteiger partial charge in [0.25, 0.3) is 0 Å². The topological polar surface area (TPSA) is 13.1 Å². The van der Waals surface area contributed by atoms with Crippen LogP contribution in [-0.4, -0.2) is 0 Å². The van der Waals surface area contributed by atoms with E-state index in [1.165, 1.54) is 186 Å². The second-order valence-electron chi connectivity index (χ2n) is 28.0. The van der Waals surface area contributed by atoms with E-state index in [4.69, 9.17) is 4.42 Å². The zero-order valence-corrected chi connectivity index (χ0v) is 58.7. The van der Waals surface area contributed by atoms with Gasteiger partial charge in [-0.3, -0.25) is 0 Å². The fraction of sp³-hybridized carbons (Fsp3) is 0. The molecule has 107 heavy (non-hydrogen) atoms. The van der Waals surface area contributed by atoms with Gasteiger partial charge in [-0.2, -0.15) is 0 Å². The van der Waals surface area contributed by atoms with Crippen LogP contribution >= 0.6 is 0 Å². The Hall–Kier alpha value is -14.0. The Balaban J connectivity index is 0.000000107. The quantitative estimate of drug-likeness (QED) is 0.145. The molecule has 0 amide bonds. The molecule has 22 aromatic rings. The number of hydrogen-bond donors (Lipinski definition) is 0. The molecule has 21 aromatic carbocycles. The molecule has 0 fully saturated rings. The fourth-order valence-electron chi connectivity index (χ4n) is 17.1. The molecule has 498 valence electrons. The molecule has 0 aliphatic heterocycles. The normalized spacial score (nSPS) is 11.6. The van der Waals surface area contributed by atoms with Crippen molar-refractivity contribution in [1.82, 2.24) is 0 Å². The smallest absolute Gasteiger partial charge is 0.135 e. The lowest BCUT2D eigenvalue weighted by molar-refractivity contribution is 0.669. The summed E-state index contributed by atoms with van der Waals surface area (Å²) in [5, 5.41) is 27.9. The van der Waals surface area contributed by atoms with Gasteiger partial charge in [-0.25, -0.2) is 0 Å². The Kier molecular flexibility index (Phi) is 15.7. The van der Waals surface area contributed by atoms with Crippen molar-refractivity contribution < 1.29 is 4.42 Å². The van der Waals surface area contributed by atoms with Gasteiger partial charge < -0.3 is 4.42 Å². The highest BCUT2D eigenvalue weighted by atomic mass is 16.3. The molecule has 0 aliphatic rings. The minimum absolute atomic E-state index is 0.925. The minimum Gasteiger partial charge on any atom is -0.456 e. The molecule has 0 bridgehead atoms. The summed E-state index contributed by atoms with van der Waals surface area (Å²) in [4.78, 5) is 0. The third-order valence-corrected chi connectivity index (χ3v) is 21.9. The molecular weight excluding hydrogens is 1290 g/mol. The van der Waals surface area contributed by atoms with Crippen LogP contribution in [0.3, 0.4) is 0 Å². The Labute approximate surface area is 620 Å². The fourth-order valence-corrected chi connectivity index (χ4v) is 17.1. The maximum atomic E-state index is 6.10. The van der Waals surface area contributed by atoms with E-state index in [2.05, 4.69) is 400 Å². The molecule has 0 atom stereocenters. The van der Waals surface area contributed by atoms with E-state index < -0.39 is 0 Å². The molecule has 1 aromatic heterocycles. The van der Waals surface area contributed by atoms with Crippen molar-refractivity contribution >= 4 is 130 Å². The van der Waals surface area contributed by atoms with E-state index in [1.807, 2.05) is 12.1 Å². The zero-order chi connectivity index (χ0) is 70.7. The summed E-state index contributed by atoms with van der Waals surface area (Å²) in [6.07, 6.45) is 0. The van der Waals surface area contributed by atoms with Crippen molar-refractivity contribution in [2.75, 3.05) is 0 Å². The van der Waals surface area contributed by atoms with Crippen LogP contribution in [0.1, 0.15) is 0 Å². The monoisotopic (exact) mass is 1360 g/mol. The number of para-hydroxylation sites is 1. The third kappa shape index (κ3) is 11.0. The maximum absolute atomic E-state index is 6.10. The Morgan fingerprint density at radius 1 is 0.121 bits per heavy atom. The second-order valence-corrected chi connectivity index (χ2v) is 28.0. The standard InChI is InChI=1S/C40H26.C34H22.C32H20O/c1-2-12-31-26-32(25-22-27(31)10-1)28-20-23-30(24-21-28)39-35-15-5-7-17-37(35)40(38-18-8-6-16-36(38)39)34-19-9-13-29-11-3-4-14-33(29)34;1-2-12-25-22-26(21-20-23(25)10-1)33-29-15-5-7-17-31(29)34(32-18-8-6-16-30(32)33)28-19-9-13-24-11-3-4-14-27(24)28;1-2-10-21(11-3-1)31-24-13-4-6-15-26(24)32(27-16-7-5-14-25(27)31)22-18-19-30-28(20-22)23-12-8-9-17-29(23)33-30/h1-26H;1-22H;1-20H. The van der Waals surface area contributed by atoms with Crippen molar-refractivity contribution in [3.63, 3.8) is 0 Å². The average molecular weight is 1360 g/mol. The lowest BCUT2D eigenvalue weighted by Crippen LogP contribution is -1.91. The first kappa shape index (κ1) is 62.8. The Bertz CT molecular complexity index is 7060. The molecule has 0 radical (unpaired) electrons. The minimum atomic E-state index is 0.925. The van der Waals surface area contributed by atoms with Gasteiger partial charge in [-0.05, 0) is 216 Å². The van der Waals surface area contributed by atoms with Crippen LogP contribution in [-0.2, 0) is 0 Å². The van der Waals surface area contributed by atoms with Crippen LogP contribution in [0, 0.1) is 0 Å². The largest absolute Gasteiger partial charge is 0.456 e. The summed E-state index contributed by atoms with van der Waals surface area (Å²) in [6, 6.07) is 149. The van der Waals surface area contributed by atoms with Gasteiger partial charge in [0.15, 0.2) is 0 Å². The molecule has 0 saturated carbocycles. The number of hydrogen-bond acceptors (Lipinski definition) is 1. The first-order valence-electron chi connectivity index (χ1n) is 36.9. The van der Waals surface area contributed by atoms with E-state index in [1.54, 1.807) is 0 Å². The molecule has 1 heterocycles. The van der Waals surface area contributed by atoms with E-state index in [0.29, 0.717) is 0 Å². The molecule has 0 saturated heterocycles. The van der Waals surface area contributed by atoms with Crippen LogP contribution in [0.25, 0.3) is 208 Å². The van der Waals surface area contributed by atoms with Crippen LogP contribution < -0.4 is 0 Å². The van der Waals surface area contributed by atoms with Gasteiger partial charge in [0.1, 0.15) is 11.2 Å². The Morgan fingerprint density at radius 2 is 0.393 bits per heavy atom. The first-order chi connectivity index (χ1) is 53.1. The number of furan rings is 1. The third-order valence-electron chi connectivity index (χ3n) is 21.9. The van der Waals surface area contributed by atoms with Crippen LogP contribution in [0.2, 0.25) is 0 Å². The molecule has 22 rings (SSSR count). The van der Waals surface area contributed by atoms with Gasteiger partial charge in [0, 0.05) is 10.8 Å². The number of rotatable bonds is 7. The zero-order valence-electron chi connectivity index (χ0n) is 58.7. The van der Waals surface area contributed by atoms with E-state index in [0.717, 1.165) is 21.9 Å². The van der Waals surface area contributed by atoms with Gasteiger partial charge >= 0.3 is 0 Å².